The van der Waals surface area contributed by atoms with Gasteiger partial charge in [-0.25, -0.2) is 0 Å². The molecule has 3 nitrogen and oxygen atoms in total. The molecular formula is C37H23NO2. The van der Waals surface area contributed by atoms with E-state index in [1.54, 1.807) is 0 Å². The van der Waals surface area contributed by atoms with Crippen molar-refractivity contribution < 1.29 is 9.15 Å². The Balaban J connectivity index is 1.46. The zero-order chi connectivity index (χ0) is 26.1. The molecule has 5 aromatic carbocycles. The summed E-state index contributed by atoms with van der Waals surface area (Å²) in [5.41, 5.74) is 11.6. The van der Waals surface area contributed by atoms with Crippen molar-refractivity contribution in [1.82, 2.24) is 4.40 Å². The lowest BCUT2D eigenvalue weighted by molar-refractivity contribution is 0.281. The van der Waals surface area contributed by atoms with E-state index in [0.717, 1.165) is 45.1 Å². The number of furan rings is 1. The molecule has 2 aliphatic rings. The second-order valence-corrected chi connectivity index (χ2v) is 11.2. The Morgan fingerprint density at radius 2 is 1.48 bits per heavy atom. The van der Waals surface area contributed by atoms with E-state index in [4.69, 9.17) is 9.15 Å². The number of benzene rings is 5. The summed E-state index contributed by atoms with van der Waals surface area (Å²) in [5, 5.41) is 7.21. The van der Waals surface area contributed by atoms with Crippen LogP contribution in [-0.2, 0) is 0 Å². The molecule has 3 heteroatoms. The van der Waals surface area contributed by atoms with Crippen LogP contribution in [0.1, 0.15) is 17.5 Å². The van der Waals surface area contributed by atoms with Gasteiger partial charge in [-0.1, -0.05) is 78.9 Å². The monoisotopic (exact) mass is 513 g/mol. The summed E-state index contributed by atoms with van der Waals surface area (Å²) >= 11 is 0. The van der Waals surface area contributed by atoms with Crippen molar-refractivity contribution in [2.24, 2.45) is 0 Å². The first kappa shape index (κ1) is 20.9. The molecular weight excluding hydrogens is 490 g/mol. The zero-order valence-electron chi connectivity index (χ0n) is 21.9. The number of allylic oxidation sites excluding steroid dienone is 2. The number of aryl methyl sites for hydroxylation is 1. The molecule has 0 spiro atoms. The number of fused-ring (bicyclic) bond motifs is 14. The molecule has 1 unspecified atom stereocenters. The lowest BCUT2D eigenvalue weighted by atomic mass is 9.94. The topological polar surface area (TPSA) is 26.8 Å². The molecule has 8 aromatic rings. The molecule has 0 fully saturated rings. The van der Waals surface area contributed by atoms with Gasteiger partial charge in [-0.2, -0.15) is 0 Å². The first-order valence-corrected chi connectivity index (χ1v) is 14.0. The first-order valence-electron chi connectivity index (χ1n) is 14.0. The van der Waals surface area contributed by atoms with Gasteiger partial charge in [0.15, 0.2) is 11.3 Å². The van der Waals surface area contributed by atoms with Crippen LogP contribution in [0.25, 0.3) is 76.7 Å². The molecule has 0 radical (unpaired) electrons. The van der Waals surface area contributed by atoms with E-state index in [0.29, 0.717) is 0 Å². The number of ether oxygens (including phenoxy) is 1. The predicted molar refractivity (Wildman–Crippen MR) is 165 cm³/mol. The Hall–Kier alpha value is -5.02. The summed E-state index contributed by atoms with van der Waals surface area (Å²) < 4.78 is 15.8. The average Bonchev–Trinajstić information content (AvgIpc) is 3.73. The van der Waals surface area contributed by atoms with Crippen molar-refractivity contribution in [3.63, 3.8) is 0 Å². The summed E-state index contributed by atoms with van der Waals surface area (Å²) in [6.07, 6.45) is 7.54. The van der Waals surface area contributed by atoms with Gasteiger partial charge in [-0.3, -0.25) is 0 Å². The van der Waals surface area contributed by atoms with E-state index in [1.165, 1.54) is 54.9 Å². The summed E-state index contributed by atoms with van der Waals surface area (Å²) in [4.78, 5) is 0. The molecule has 0 bridgehead atoms. The average molecular weight is 514 g/mol. The summed E-state index contributed by atoms with van der Waals surface area (Å²) in [5.74, 6) is 0.984. The third kappa shape index (κ3) is 2.42. The van der Waals surface area contributed by atoms with Gasteiger partial charge in [0.05, 0.1) is 16.6 Å². The van der Waals surface area contributed by atoms with Crippen molar-refractivity contribution >= 4 is 65.6 Å². The second kappa shape index (κ2) is 7.13. The fourth-order valence-corrected chi connectivity index (χ4v) is 7.37. The highest BCUT2D eigenvalue weighted by molar-refractivity contribution is 6.29. The van der Waals surface area contributed by atoms with Crippen molar-refractivity contribution in [3.05, 3.63) is 114 Å². The van der Waals surface area contributed by atoms with Gasteiger partial charge in [0.2, 0.25) is 0 Å². The molecule has 1 aliphatic heterocycles. The Morgan fingerprint density at radius 3 is 2.38 bits per heavy atom. The van der Waals surface area contributed by atoms with Crippen LogP contribution in [0.5, 0.6) is 5.75 Å². The number of nitrogens with zero attached hydrogens (tertiary/aromatic N) is 1. The second-order valence-electron chi connectivity index (χ2n) is 11.2. The standard InChI is InChI=1S/C37H23NO2/c1-20-8-2-3-9-22(20)21-18-29-25-14-16-27-23-10-4-6-12-31(23)39-36(27)34(25)38-33(29)30(19-21)26-15-17-28-24-11-5-7-13-32(24)40-37(28)35(26)38/h2-12,14-19,32H,13H2,1H3. The quantitative estimate of drug-likeness (QED) is 0.218. The predicted octanol–water partition coefficient (Wildman–Crippen LogP) is 9.82. The molecule has 0 saturated heterocycles. The SMILES string of the molecule is Cc1ccccc1-c1cc2c3ccc4c(c3n3c2c(c1)c1ccc2c5ccccc5oc2c13)OC1CC=CC=C41. The number of rotatable bonds is 1. The van der Waals surface area contributed by atoms with E-state index in [-0.39, 0.29) is 6.10 Å². The van der Waals surface area contributed by atoms with Crippen molar-refractivity contribution in [1.29, 1.82) is 0 Å². The highest BCUT2D eigenvalue weighted by Gasteiger charge is 2.33. The maximum atomic E-state index is 6.77. The van der Waals surface area contributed by atoms with Crippen LogP contribution in [0.3, 0.4) is 0 Å². The number of hydrogen-bond donors (Lipinski definition) is 0. The van der Waals surface area contributed by atoms with Crippen molar-refractivity contribution in [2.75, 3.05) is 0 Å². The van der Waals surface area contributed by atoms with Gasteiger partial charge >= 0.3 is 0 Å². The van der Waals surface area contributed by atoms with E-state index in [1.807, 2.05) is 6.07 Å². The molecule has 1 aliphatic carbocycles. The molecule has 3 aromatic heterocycles. The summed E-state index contributed by atoms with van der Waals surface area (Å²) in [7, 11) is 0. The zero-order valence-corrected chi connectivity index (χ0v) is 21.9. The molecule has 10 rings (SSSR count). The fourth-order valence-electron chi connectivity index (χ4n) is 7.37. The van der Waals surface area contributed by atoms with Gasteiger partial charge in [0, 0.05) is 49.9 Å². The van der Waals surface area contributed by atoms with Crippen LogP contribution < -0.4 is 4.74 Å². The fraction of sp³-hybridized carbons (Fsp3) is 0.0811. The van der Waals surface area contributed by atoms with Gasteiger partial charge in [-0.05, 0) is 47.9 Å². The van der Waals surface area contributed by atoms with Gasteiger partial charge < -0.3 is 13.6 Å². The minimum atomic E-state index is 0.0706. The van der Waals surface area contributed by atoms with E-state index in [2.05, 4.69) is 108 Å². The lowest BCUT2D eigenvalue weighted by Gasteiger charge is -2.12. The normalized spacial score (nSPS) is 16.5. The Kier molecular flexibility index (Phi) is 3.72. The summed E-state index contributed by atoms with van der Waals surface area (Å²) in [6, 6.07) is 30.8. The van der Waals surface area contributed by atoms with Crippen LogP contribution in [0, 0.1) is 6.92 Å². The van der Waals surface area contributed by atoms with Crippen LogP contribution in [0.4, 0.5) is 0 Å². The molecule has 0 amide bonds. The first-order chi connectivity index (χ1) is 19.8. The van der Waals surface area contributed by atoms with Gasteiger partial charge in [0.1, 0.15) is 11.7 Å². The van der Waals surface area contributed by atoms with E-state index in [9.17, 15) is 0 Å². The maximum absolute atomic E-state index is 6.77. The third-order valence-corrected chi connectivity index (χ3v) is 9.15. The Bertz CT molecular complexity index is 2450. The third-order valence-electron chi connectivity index (χ3n) is 9.15. The van der Waals surface area contributed by atoms with Crippen LogP contribution in [-0.4, -0.2) is 10.5 Å². The smallest absolute Gasteiger partial charge is 0.160 e. The highest BCUT2D eigenvalue weighted by Crippen LogP contribution is 2.51. The summed E-state index contributed by atoms with van der Waals surface area (Å²) in [6.45, 7) is 2.19. The lowest BCUT2D eigenvalue weighted by Crippen LogP contribution is -2.12. The van der Waals surface area contributed by atoms with Gasteiger partial charge in [0.25, 0.3) is 0 Å². The number of hydrogen-bond acceptors (Lipinski definition) is 2. The molecule has 188 valence electrons. The molecule has 40 heavy (non-hydrogen) atoms. The number of para-hydroxylation sites is 1. The molecule has 0 saturated carbocycles. The number of aromatic nitrogens is 1. The van der Waals surface area contributed by atoms with Crippen LogP contribution in [0.15, 0.2) is 108 Å². The molecule has 1 atom stereocenters. The van der Waals surface area contributed by atoms with E-state index >= 15 is 0 Å². The Labute approximate surface area is 229 Å². The van der Waals surface area contributed by atoms with Crippen LogP contribution in [0.2, 0.25) is 0 Å². The minimum absolute atomic E-state index is 0.0706. The van der Waals surface area contributed by atoms with Gasteiger partial charge in [-0.15, -0.1) is 0 Å². The van der Waals surface area contributed by atoms with Crippen molar-refractivity contribution in [2.45, 2.75) is 19.4 Å². The van der Waals surface area contributed by atoms with Crippen molar-refractivity contribution in [3.8, 4) is 16.9 Å². The minimum Gasteiger partial charge on any atom is -0.483 e. The largest absolute Gasteiger partial charge is 0.483 e. The maximum Gasteiger partial charge on any atom is 0.160 e. The van der Waals surface area contributed by atoms with Crippen LogP contribution >= 0.6 is 0 Å². The van der Waals surface area contributed by atoms with E-state index < -0.39 is 0 Å². The Morgan fingerprint density at radius 1 is 0.700 bits per heavy atom. The molecule has 0 N–H and O–H groups in total. The highest BCUT2D eigenvalue weighted by atomic mass is 16.5. The molecule has 4 heterocycles.